The lowest BCUT2D eigenvalue weighted by atomic mass is 10.0. The van der Waals surface area contributed by atoms with E-state index in [4.69, 9.17) is 4.74 Å². The summed E-state index contributed by atoms with van der Waals surface area (Å²) in [4.78, 5) is 48.9. The molecule has 0 radical (unpaired) electrons. The normalized spacial score (nSPS) is 11.9. The third-order valence-electron chi connectivity index (χ3n) is 8.82. The number of imidazole rings is 1. The molecule has 0 saturated heterocycles. The molecule has 1 heterocycles. The number of hydrogen-bond donors (Lipinski definition) is 1. The molecule has 1 atom stereocenters. The number of imide groups is 1. The van der Waals surface area contributed by atoms with Crippen molar-refractivity contribution in [3.8, 4) is 0 Å². The number of hydrogen-bond acceptors (Lipinski definition) is 5. The van der Waals surface area contributed by atoms with E-state index >= 15 is 0 Å². The van der Waals surface area contributed by atoms with Crippen LogP contribution in [0.5, 0.6) is 0 Å². The molecule has 2 amide bonds. The highest BCUT2D eigenvalue weighted by molar-refractivity contribution is 5.99. The number of nitrogens with zero attached hydrogens (tertiary/aromatic N) is 2. The van der Waals surface area contributed by atoms with Crippen LogP contribution in [-0.4, -0.2) is 45.3 Å². The Hall–Kier alpha value is -2.18. The quantitative estimate of drug-likeness (QED) is 0.0650. The lowest BCUT2D eigenvalue weighted by Gasteiger charge is -2.29. The van der Waals surface area contributed by atoms with Crippen LogP contribution in [0.2, 0.25) is 0 Å². The molecule has 1 N–H and O–H groups in total. The third-order valence-corrected chi connectivity index (χ3v) is 8.82. The summed E-state index contributed by atoms with van der Waals surface area (Å²) >= 11 is 0. The molecule has 1 rings (SSSR count). The highest BCUT2D eigenvalue weighted by atomic mass is 16.5. The van der Waals surface area contributed by atoms with Gasteiger partial charge in [-0.25, -0.2) is 9.78 Å². The number of H-pyrrole nitrogens is 1. The largest absolute Gasteiger partial charge is 0.464 e. The van der Waals surface area contributed by atoms with Crippen molar-refractivity contribution in [2.75, 3.05) is 6.61 Å². The summed E-state index contributed by atoms with van der Waals surface area (Å²) in [5, 5.41) is 0. The number of nitrogens with one attached hydrogen (secondary N) is 1. The molecule has 260 valence electrons. The molecule has 1 aromatic rings. The number of rotatable bonds is 31. The Bertz CT molecular complexity index is 804. The van der Waals surface area contributed by atoms with Gasteiger partial charge in [0.2, 0.25) is 11.8 Å². The standard InChI is InChI=1S/C38H69N3O4/c1-4-7-10-12-14-16-18-20-22-24-26-28-36(42)41(35(31-34-32-39-33-40-34)38(44)45-30-9-6-3)37(43)29-27-25-23-21-19-17-15-13-11-8-5-2/h32-33,35H,4-31H2,1-3H3,(H,39,40)/t35-/m0/s1. The average molecular weight is 632 g/mol. The van der Waals surface area contributed by atoms with Crippen LogP contribution in [0.25, 0.3) is 0 Å². The van der Waals surface area contributed by atoms with Crippen molar-refractivity contribution in [3.05, 3.63) is 18.2 Å². The van der Waals surface area contributed by atoms with Crippen LogP contribution < -0.4 is 0 Å². The van der Waals surface area contributed by atoms with Gasteiger partial charge in [0.1, 0.15) is 6.04 Å². The van der Waals surface area contributed by atoms with Gasteiger partial charge < -0.3 is 9.72 Å². The van der Waals surface area contributed by atoms with Crippen LogP contribution in [0.4, 0.5) is 0 Å². The van der Waals surface area contributed by atoms with Crippen molar-refractivity contribution in [2.24, 2.45) is 0 Å². The highest BCUT2D eigenvalue weighted by Gasteiger charge is 2.35. The minimum atomic E-state index is -0.970. The molecule has 7 heteroatoms. The predicted molar refractivity (Wildman–Crippen MR) is 186 cm³/mol. The van der Waals surface area contributed by atoms with Gasteiger partial charge in [0, 0.05) is 31.2 Å². The second-order valence-corrected chi connectivity index (χ2v) is 13.0. The van der Waals surface area contributed by atoms with E-state index in [2.05, 4.69) is 23.8 Å². The number of esters is 1. The summed E-state index contributed by atoms with van der Waals surface area (Å²) in [5.41, 5.74) is 0.711. The molecular formula is C38H69N3O4. The fraction of sp³-hybridized carbons (Fsp3) is 0.842. The summed E-state index contributed by atoms with van der Waals surface area (Å²) in [7, 11) is 0. The van der Waals surface area contributed by atoms with Gasteiger partial charge in [-0.2, -0.15) is 0 Å². The maximum Gasteiger partial charge on any atom is 0.329 e. The molecule has 0 aliphatic rings. The molecule has 45 heavy (non-hydrogen) atoms. The van der Waals surface area contributed by atoms with Gasteiger partial charge in [0.15, 0.2) is 0 Å². The fourth-order valence-electron chi connectivity index (χ4n) is 5.91. The van der Waals surface area contributed by atoms with Crippen LogP contribution in [0.3, 0.4) is 0 Å². The van der Waals surface area contributed by atoms with E-state index in [9.17, 15) is 14.4 Å². The monoisotopic (exact) mass is 632 g/mol. The van der Waals surface area contributed by atoms with Crippen molar-refractivity contribution >= 4 is 17.8 Å². The zero-order valence-electron chi connectivity index (χ0n) is 29.6. The van der Waals surface area contributed by atoms with E-state index in [1.54, 1.807) is 12.5 Å². The Kier molecular flexibility index (Phi) is 26.5. The van der Waals surface area contributed by atoms with Crippen LogP contribution in [0, 0.1) is 0 Å². The van der Waals surface area contributed by atoms with Gasteiger partial charge in [-0.05, 0) is 19.3 Å². The van der Waals surface area contributed by atoms with E-state index in [1.165, 1.54) is 108 Å². The summed E-state index contributed by atoms with van der Waals surface area (Å²) < 4.78 is 5.58. The Morgan fingerprint density at radius 3 is 1.40 bits per heavy atom. The first-order valence-electron chi connectivity index (χ1n) is 19.0. The van der Waals surface area contributed by atoms with E-state index in [0.717, 1.165) is 51.4 Å². The molecule has 0 spiro atoms. The van der Waals surface area contributed by atoms with E-state index in [-0.39, 0.29) is 31.1 Å². The third kappa shape index (κ3) is 21.3. The van der Waals surface area contributed by atoms with Gasteiger partial charge >= 0.3 is 5.97 Å². The Morgan fingerprint density at radius 1 is 0.622 bits per heavy atom. The van der Waals surface area contributed by atoms with Crippen LogP contribution in [0.15, 0.2) is 12.5 Å². The number of unbranched alkanes of at least 4 members (excludes halogenated alkanes) is 21. The highest BCUT2D eigenvalue weighted by Crippen LogP contribution is 2.19. The average Bonchev–Trinajstić information content (AvgIpc) is 3.55. The van der Waals surface area contributed by atoms with Gasteiger partial charge in [-0.3, -0.25) is 14.5 Å². The minimum Gasteiger partial charge on any atom is -0.464 e. The number of carbonyl (C=O) groups excluding carboxylic acids is 3. The summed E-state index contributed by atoms with van der Waals surface area (Å²) in [5.74, 6) is -1.01. The number of aromatic amines is 1. The van der Waals surface area contributed by atoms with E-state index in [0.29, 0.717) is 12.3 Å². The first kappa shape index (κ1) is 40.8. The van der Waals surface area contributed by atoms with Crippen molar-refractivity contribution in [2.45, 2.75) is 200 Å². The van der Waals surface area contributed by atoms with Crippen molar-refractivity contribution in [3.63, 3.8) is 0 Å². The predicted octanol–water partition coefficient (Wildman–Crippen LogP) is 10.4. The zero-order valence-corrected chi connectivity index (χ0v) is 29.6. The maximum absolute atomic E-state index is 13.6. The molecule has 1 aromatic heterocycles. The second kappa shape index (κ2) is 29.2. The van der Waals surface area contributed by atoms with Crippen LogP contribution >= 0.6 is 0 Å². The minimum absolute atomic E-state index is 0.193. The first-order valence-corrected chi connectivity index (χ1v) is 19.0. The van der Waals surface area contributed by atoms with Gasteiger partial charge in [-0.15, -0.1) is 0 Å². The Labute approximate surface area is 276 Å². The molecule has 0 aliphatic heterocycles. The lowest BCUT2D eigenvalue weighted by molar-refractivity contribution is -0.161. The zero-order chi connectivity index (χ0) is 32.8. The van der Waals surface area contributed by atoms with Gasteiger partial charge in [0.25, 0.3) is 0 Å². The Balaban J connectivity index is 2.65. The first-order chi connectivity index (χ1) is 22.0. The molecule has 0 aromatic carbocycles. The summed E-state index contributed by atoms with van der Waals surface area (Å²) in [6.07, 6.45) is 31.9. The molecular weight excluding hydrogens is 562 g/mol. The van der Waals surface area contributed by atoms with Crippen LogP contribution in [0.1, 0.15) is 193 Å². The number of carbonyl (C=O) groups is 3. The summed E-state index contributed by atoms with van der Waals surface area (Å²) in [6.45, 7) is 6.83. The second-order valence-electron chi connectivity index (χ2n) is 13.0. The lowest BCUT2D eigenvalue weighted by Crippen LogP contribution is -2.50. The van der Waals surface area contributed by atoms with Crippen molar-refractivity contribution < 1.29 is 19.1 Å². The molecule has 7 nitrogen and oxygen atoms in total. The van der Waals surface area contributed by atoms with Crippen molar-refractivity contribution in [1.29, 1.82) is 0 Å². The fourth-order valence-corrected chi connectivity index (χ4v) is 5.91. The maximum atomic E-state index is 13.6. The Morgan fingerprint density at radius 2 is 1.02 bits per heavy atom. The number of amides is 2. The molecule has 0 fully saturated rings. The van der Waals surface area contributed by atoms with Gasteiger partial charge in [0.05, 0.1) is 12.9 Å². The number of ether oxygens (including phenoxy) is 1. The summed E-state index contributed by atoms with van der Waals surface area (Å²) in [6, 6.07) is -0.970. The topological polar surface area (TPSA) is 92.4 Å². The van der Waals surface area contributed by atoms with E-state index in [1.807, 2.05) is 6.92 Å². The molecule has 0 unspecified atom stereocenters. The smallest absolute Gasteiger partial charge is 0.329 e. The number of aromatic nitrogens is 2. The van der Waals surface area contributed by atoms with E-state index < -0.39 is 12.0 Å². The van der Waals surface area contributed by atoms with Crippen LogP contribution in [-0.2, 0) is 25.5 Å². The molecule has 0 bridgehead atoms. The van der Waals surface area contributed by atoms with Gasteiger partial charge in [-0.1, -0.05) is 156 Å². The molecule has 0 aliphatic carbocycles. The SMILES string of the molecule is CCCCCCCCCCCCCC(=O)N(C(=O)CCCCCCCCCCCCC)[C@@H](Cc1cnc[nH]1)C(=O)OCCCC. The van der Waals surface area contributed by atoms with Crippen molar-refractivity contribution in [1.82, 2.24) is 14.9 Å². The molecule has 0 saturated carbocycles.